The molecule has 1 aromatic carbocycles. The monoisotopic (exact) mass is 310 g/mol. The van der Waals surface area contributed by atoms with E-state index < -0.39 is 5.91 Å². The van der Waals surface area contributed by atoms with E-state index in [1.807, 2.05) is 6.07 Å². The highest BCUT2D eigenvalue weighted by Gasteiger charge is 2.06. The summed E-state index contributed by atoms with van der Waals surface area (Å²) >= 11 is 0. The van der Waals surface area contributed by atoms with Crippen molar-refractivity contribution in [2.75, 3.05) is 13.7 Å². The molecule has 0 bridgehead atoms. The van der Waals surface area contributed by atoms with Gasteiger partial charge in [-0.05, 0) is 35.9 Å². The van der Waals surface area contributed by atoms with Crippen LogP contribution in [0.2, 0.25) is 0 Å². The topological polar surface area (TPSA) is 96.6 Å². The molecule has 0 saturated carbocycles. The molecule has 1 heterocycles. The first kappa shape index (κ1) is 16.0. The highest BCUT2D eigenvalue weighted by atomic mass is 16.5. The molecule has 0 unspecified atom stereocenters. The number of pyridine rings is 1. The summed E-state index contributed by atoms with van der Waals surface area (Å²) < 4.78 is 10.4. The smallest absolute Gasteiger partial charge is 0.289 e. The lowest BCUT2D eigenvalue weighted by Crippen LogP contribution is -2.18. The van der Waals surface area contributed by atoms with Gasteiger partial charge in [0.2, 0.25) is 0 Å². The van der Waals surface area contributed by atoms with Crippen molar-refractivity contribution in [1.82, 2.24) is 10.4 Å². The maximum atomic E-state index is 11.8. The van der Waals surface area contributed by atoms with E-state index >= 15 is 0 Å². The van der Waals surface area contributed by atoms with E-state index in [4.69, 9.17) is 14.7 Å². The number of nitrogens with zero attached hydrogens (tertiary/aromatic N) is 3. The van der Waals surface area contributed by atoms with Gasteiger partial charge in [0.05, 0.1) is 13.3 Å². The number of hydrogen-bond donors (Lipinski definition) is 1. The lowest BCUT2D eigenvalue weighted by atomic mass is 10.2. The molecule has 0 fully saturated rings. The predicted molar refractivity (Wildman–Crippen MR) is 83.4 cm³/mol. The van der Waals surface area contributed by atoms with Crippen LogP contribution < -0.4 is 14.9 Å². The number of methoxy groups -OCH3 is 1. The molecule has 0 spiro atoms. The van der Waals surface area contributed by atoms with Gasteiger partial charge in [-0.2, -0.15) is 10.4 Å². The van der Waals surface area contributed by atoms with E-state index in [2.05, 4.69) is 15.5 Å². The molecule has 23 heavy (non-hydrogen) atoms. The molecule has 1 amide bonds. The zero-order valence-electron chi connectivity index (χ0n) is 12.4. The molecule has 0 aliphatic heterocycles. The fourth-order valence-corrected chi connectivity index (χ4v) is 1.71. The number of carbonyl (C=O) groups excluding carboxylic acids is 1. The Morgan fingerprint density at radius 2 is 2.26 bits per heavy atom. The number of amides is 1. The standard InChI is InChI=1S/C16H14N4O3/c1-22-15-10-12(5-6-14(15)23-9-7-17)11-19-20-16(21)13-4-2-3-8-18-13/h2-6,8,10-11H,9H2,1H3,(H,20,21). The Morgan fingerprint density at radius 3 is 2.96 bits per heavy atom. The Kier molecular flexibility index (Phi) is 5.66. The van der Waals surface area contributed by atoms with E-state index in [0.29, 0.717) is 17.1 Å². The molecule has 0 radical (unpaired) electrons. The van der Waals surface area contributed by atoms with E-state index in [-0.39, 0.29) is 12.3 Å². The number of rotatable bonds is 6. The summed E-state index contributed by atoms with van der Waals surface area (Å²) in [5.74, 6) is 0.534. The fourth-order valence-electron chi connectivity index (χ4n) is 1.71. The predicted octanol–water partition coefficient (Wildman–Crippen LogP) is 1.76. The van der Waals surface area contributed by atoms with Crippen LogP contribution in [-0.2, 0) is 0 Å². The van der Waals surface area contributed by atoms with Crippen molar-refractivity contribution in [2.24, 2.45) is 5.10 Å². The van der Waals surface area contributed by atoms with Gasteiger partial charge in [0.25, 0.3) is 5.91 Å². The van der Waals surface area contributed by atoms with E-state index in [1.54, 1.807) is 36.4 Å². The van der Waals surface area contributed by atoms with Crippen LogP contribution in [0.25, 0.3) is 0 Å². The Hall–Kier alpha value is -3.40. The quantitative estimate of drug-likeness (QED) is 0.647. The molecular weight excluding hydrogens is 296 g/mol. The van der Waals surface area contributed by atoms with Crippen molar-refractivity contribution in [3.05, 3.63) is 53.9 Å². The summed E-state index contributed by atoms with van der Waals surface area (Å²) in [6.07, 6.45) is 3.00. The number of carbonyl (C=O) groups is 1. The van der Waals surface area contributed by atoms with Crippen molar-refractivity contribution in [1.29, 1.82) is 5.26 Å². The third-order valence-corrected chi connectivity index (χ3v) is 2.76. The number of aromatic nitrogens is 1. The molecule has 0 aliphatic carbocycles. The second kappa shape index (κ2) is 8.14. The first-order valence-electron chi connectivity index (χ1n) is 6.67. The summed E-state index contributed by atoms with van der Waals surface area (Å²) in [5.41, 5.74) is 3.37. The molecule has 1 N–H and O–H groups in total. The Balaban J connectivity index is 2.02. The minimum absolute atomic E-state index is 0.0655. The molecule has 0 saturated heterocycles. The van der Waals surface area contributed by atoms with Gasteiger partial charge in [0, 0.05) is 6.20 Å². The number of nitrogens with one attached hydrogen (secondary N) is 1. The Labute approximate surface area is 133 Å². The normalized spacial score (nSPS) is 10.1. The van der Waals surface area contributed by atoms with Crippen molar-refractivity contribution in [3.8, 4) is 17.6 Å². The van der Waals surface area contributed by atoms with Crippen molar-refractivity contribution < 1.29 is 14.3 Å². The summed E-state index contributed by atoms with van der Waals surface area (Å²) in [5, 5.41) is 12.4. The number of hydrogen-bond acceptors (Lipinski definition) is 6. The van der Waals surface area contributed by atoms with Crippen LogP contribution in [0.15, 0.2) is 47.7 Å². The molecule has 1 aromatic heterocycles. The van der Waals surface area contributed by atoms with Gasteiger partial charge in [-0.1, -0.05) is 6.07 Å². The second-order valence-electron chi connectivity index (χ2n) is 4.27. The molecule has 2 rings (SSSR count). The van der Waals surface area contributed by atoms with Crippen LogP contribution in [0.4, 0.5) is 0 Å². The van der Waals surface area contributed by atoms with Gasteiger partial charge in [-0.25, -0.2) is 5.43 Å². The molecule has 2 aromatic rings. The van der Waals surface area contributed by atoms with Crippen LogP contribution >= 0.6 is 0 Å². The highest BCUT2D eigenvalue weighted by molar-refractivity contribution is 5.93. The number of hydrazone groups is 1. The Morgan fingerprint density at radius 1 is 1.39 bits per heavy atom. The number of ether oxygens (including phenoxy) is 2. The van der Waals surface area contributed by atoms with Gasteiger partial charge >= 0.3 is 0 Å². The van der Waals surface area contributed by atoms with Crippen LogP contribution in [0, 0.1) is 11.3 Å². The van der Waals surface area contributed by atoms with Gasteiger partial charge < -0.3 is 9.47 Å². The third kappa shape index (κ3) is 4.54. The lowest BCUT2D eigenvalue weighted by molar-refractivity contribution is 0.0950. The van der Waals surface area contributed by atoms with Gasteiger partial charge in [0.15, 0.2) is 18.1 Å². The summed E-state index contributed by atoms with van der Waals surface area (Å²) in [7, 11) is 1.50. The van der Waals surface area contributed by atoms with Crippen molar-refractivity contribution in [3.63, 3.8) is 0 Å². The average molecular weight is 310 g/mol. The average Bonchev–Trinajstić information content (AvgIpc) is 2.61. The van der Waals surface area contributed by atoms with E-state index in [9.17, 15) is 4.79 Å². The lowest BCUT2D eigenvalue weighted by Gasteiger charge is -2.08. The van der Waals surface area contributed by atoms with Crippen molar-refractivity contribution in [2.45, 2.75) is 0 Å². The first-order chi connectivity index (χ1) is 11.2. The number of benzene rings is 1. The highest BCUT2D eigenvalue weighted by Crippen LogP contribution is 2.27. The first-order valence-corrected chi connectivity index (χ1v) is 6.67. The molecule has 116 valence electrons. The molecule has 7 heteroatoms. The second-order valence-corrected chi connectivity index (χ2v) is 4.27. The molecule has 0 aliphatic rings. The SMILES string of the molecule is COc1cc(C=NNC(=O)c2ccccn2)ccc1OCC#N. The molecule has 7 nitrogen and oxygen atoms in total. The van der Waals surface area contributed by atoms with E-state index in [1.165, 1.54) is 19.5 Å². The van der Waals surface area contributed by atoms with E-state index in [0.717, 1.165) is 0 Å². The minimum atomic E-state index is -0.400. The Bertz CT molecular complexity index is 739. The van der Waals surface area contributed by atoms with Crippen LogP contribution in [0.1, 0.15) is 16.1 Å². The minimum Gasteiger partial charge on any atom is -0.493 e. The number of nitriles is 1. The fraction of sp³-hybridized carbons (Fsp3) is 0.125. The van der Waals surface area contributed by atoms with Crippen LogP contribution in [0.5, 0.6) is 11.5 Å². The summed E-state index contributed by atoms with van der Waals surface area (Å²) in [4.78, 5) is 15.7. The third-order valence-electron chi connectivity index (χ3n) is 2.76. The van der Waals surface area contributed by atoms with Gasteiger partial charge in [0.1, 0.15) is 11.8 Å². The van der Waals surface area contributed by atoms with Gasteiger partial charge in [-0.3, -0.25) is 9.78 Å². The van der Waals surface area contributed by atoms with Crippen LogP contribution in [0.3, 0.4) is 0 Å². The zero-order valence-corrected chi connectivity index (χ0v) is 12.4. The molecule has 0 atom stereocenters. The van der Waals surface area contributed by atoms with Gasteiger partial charge in [-0.15, -0.1) is 0 Å². The maximum absolute atomic E-state index is 11.8. The largest absolute Gasteiger partial charge is 0.493 e. The summed E-state index contributed by atoms with van der Waals surface area (Å²) in [6.45, 7) is -0.0655. The zero-order chi connectivity index (χ0) is 16.5. The summed E-state index contributed by atoms with van der Waals surface area (Å²) in [6, 6.07) is 12.0. The van der Waals surface area contributed by atoms with Crippen LogP contribution in [-0.4, -0.2) is 30.8 Å². The van der Waals surface area contributed by atoms with Crippen molar-refractivity contribution >= 4 is 12.1 Å². The molecular formula is C16H14N4O3. The maximum Gasteiger partial charge on any atom is 0.289 e.